The van der Waals surface area contributed by atoms with E-state index in [1.807, 2.05) is 0 Å². The molecule has 0 N–H and O–H groups in total. The molecule has 0 aliphatic rings. The summed E-state index contributed by atoms with van der Waals surface area (Å²) in [7, 11) is 0. The summed E-state index contributed by atoms with van der Waals surface area (Å²) in [4.78, 5) is 35.6. The van der Waals surface area contributed by atoms with Gasteiger partial charge in [0, 0.05) is 0 Å². The van der Waals surface area contributed by atoms with E-state index in [0.717, 1.165) is 0 Å². The maximum absolute atomic E-state index is 12.3. The Morgan fingerprint density at radius 2 is 1.48 bits per heavy atom. The highest BCUT2D eigenvalue weighted by Crippen LogP contribution is 2.30. The molecule has 0 radical (unpaired) electrons. The van der Waals surface area contributed by atoms with Gasteiger partial charge in [0.2, 0.25) is 0 Å². The van der Waals surface area contributed by atoms with Gasteiger partial charge >= 0.3 is 18.3 Å². The van der Waals surface area contributed by atoms with Crippen LogP contribution >= 0.6 is 0 Å². The highest BCUT2D eigenvalue weighted by atomic mass is 16.7. The Morgan fingerprint density at radius 1 is 0.871 bits per heavy atom. The van der Waals surface area contributed by atoms with Crippen LogP contribution in [-0.4, -0.2) is 31.5 Å². The Balaban J connectivity index is 2.31. The minimum Gasteiger partial charge on any atom is -0.434 e. The summed E-state index contributed by atoms with van der Waals surface area (Å²) >= 11 is 0. The summed E-state index contributed by atoms with van der Waals surface area (Å²) in [6.07, 6.45) is -0.790. The Labute approximate surface area is 178 Å². The molecular formula is C22H19NO8. The lowest BCUT2D eigenvalue weighted by molar-refractivity contribution is -0.129. The predicted octanol–water partition coefficient (Wildman–Crippen LogP) is 4.27. The molecule has 0 aliphatic carbocycles. The van der Waals surface area contributed by atoms with E-state index in [0.29, 0.717) is 5.56 Å². The summed E-state index contributed by atoms with van der Waals surface area (Å²) in [5.41, 5.74) is 0.00191. The summed E-state index contributed by atoms with van der Waals surface area (Å²) in [5.74, 6) is -0.880. The summed E-state index contributed by atoms with van der Waals surface area (Å²) < 4.78 is 24.6. The zero-order chi connectivity index (χ0) is 22.6. The monoisotopic (exact) mass is 425 g/mol. The van der Waals surface area contributed by atoms with E-state index in [2.05, 4.69) is 0 Å². The number of esters is 1. The predicted molar refractivity (Wildman–Crippen MR) is 107 cm³/mol. The second kappa shape index (κ2) is 11.6. The molecule has 9 heteroatoms. The molecule has 0 amide bonds. The topological polar surface area (TPSA) is 121 Å². The highest BCUT2D eigenvalue weighted by Gasteiger charge is 2.17. The van der Waals surface area contributed by atoms with Crippen LogP contribution < -0.4 is 14.2 Å². The van der Waals surface area contributed by atoms with Crippen LogP contribution in [0, 0.1) is 11.3 Å². The number of ether oxygens (including phenoxy) is 5. The van der Waals surface area contributed by atoms with Crippen molar-refractivity contribution in [3.63, 3.8) is 0 Å². The smallest absolute Gasteiger partial charge is 0.434 e. The van der Waals surface area contributed by atoms with E-state index >= 15 is 0 Å². The lowest BCUT2D eigenvalue weighted by Crippen LogP contribution is -2.14. The van der Waals surface area contributed by atoms with Crippen molar-refractivity contribution < 1.29 is 38.1 Å². The zero-order valence-electron chi connectivity index (χ0n) is 16.8. The normalized spacial score (nSPS) is 10.4. The van der Waals surface area contributed by atoms with Crippen molar-refractivity contribution in [3.8, 4) is 23.3 Å². The first-order valence-electron chi connectivity index (χ1n) is 9.19. The molecule has 0 aliphatic heterocycles. The lowest BCUT2D eigenvalue weighted by Gasteiger charge is -2.11. The quantitative estimate of drug-likeness (QED) is 0.210. The van der Waals surface area contributed by atoms with Crippen LogP contribution in [0.4, 0.5) is 9.59 Å². The van der Waals surface area contributed by atoms with Crippen LogP contribution in [0.5, 0.6) is 17.2 Å². The Kier molecular flexibility index (Phi) is 8.61. The fourth-order valence-electron chi connectivity index (χ4n) is 2.21. The van der Waals surface area contributed by atoms with Crippen molar-refractivity contribution in [3.05, 3.63) is 59.7 Å². The highest BCUT2D eigenvalue weighted by molar-refractivity contribution is 5.99. The van der Waals surface area contributed by atoms with Crippen LogP contribution in [0.1, 0.15) is 19.4 Å². The van der Waals surface area contributed by atoms with E-state index < -0.39 is 18.3 Å². The Bertz CT molecular complexity index is 1010. The molecule has 2 rings (SSSR count). The van der Waals surface area contributed by atoms with Gasteiger partial charge in [0.05, 0.1) is 13.2 Å². The van der Waals surface area contributed by atoms with Gasteiger partial charge < -0.3 is 23.7 Å². The molecule has 0 spiro atoms. The van der Waals surface area contributed by atoms with Crippen molar-refractivity contribution in [1.82, 2.24) is 0 Å². The Hall–Kier alpha value is -4.32. The van der Waals surface area contributed by atoms with E-state index in [-0.39, 0.29) is 36.0 Å². The molecule has 0 heterocycles. The molecule has 0 bridgehead atoms. The van der Waals surface area contributed by atoms with E-state index in [1.54, 1.807) is 50.2 Å². The molecular weight excluding hydrogens is 406 g/mol. The van der Waals surface area contributed by atoms with Crippen molar-refractivity contribution in [2.24, 2.45) is 0 Å². The maximum Gasteiger partial charge on any atom is 0.513 e. The van der Waals surface area contributed by atoms with Crippen molar-refractivity contribution in [1.29, 1.82) is 5.26 Å². The second-order valence-electron chi connectivity index (χ2n) is 5.65. The van der Waals surface area contributed by atoms with E-state index in [9.17, 15) is 19.6 Å². The van der Waals surface area contributed by atoms with E-state index in [1.165, 1.54) is 24.3 Å². The van der Waals surface area contributed by atoms with Gasteiger partial charge in [-0.2, -0.15) is 5.26 Å². The van der Waals surface area contributed by atoms with Gasteiger partial charge in [0.1, 0.15) is 17.4 Å². The van der Waals surface area contributed by atoms with Gasteiger partial charge in [-0.05, 0) is 49.8 Å². The molecule has 0 saturated carbocycles. The van der Waals surface area contributed by atoms with Gasteiger partial charge in [-0.15, -0.1) is 0 Å². The second-order valence-corrected chi connectivity index (χ2v) is 5.65. The number of hydrogen-bond donors (Lipinski definition) is 0. The number of nitriles is 1. The number of rotatable bonds is 7. The molecule has 31 heavy (non-hydrogen) atoms. The molecule has 0 saturated heterocycles. The number of nitrogens with zero attached hydrogens (tertiary/aromatic N) is 1. The van der Waals surface area contributed by atoms with Crippen molar-refractivity contribution in [2.75, 3.05) is 13.2 Å². The number of carbonyl (C=O) groups excluding carboxylic acids is 3. The molecule has 0 fully saturated rings. The lowest BCUT2D eigenvalue weighted by atomic mass is 10.1. The minimum atomic E-state index is -1.03. The van der Waals surface area contributed by atoms with Gasteiger partial charge in [0.15, 0.2) is 11.5 Å². The van der Waals surface area contributed by atoms with Crippen LogP contribution in [0.25, 0.3) is 6.08 Å². The third-order valence-electron chi connectivity index (χ3n) is 3.48. The van der Waals surface area contributed by atoms with Gasteiger partial charge in [-0.1, -0.05) is 24.3 Å². The van der Waals surface area contributed by atoms with Crippen molar-refractivity contribution >= 4 is 24.4 Å². The molecule has 0 unspecified atom stereocenters. The average molecular weight is 425 g/mol. The van der Waals surface area contributed by atoms with Gasteiger partial charge in [-0.25, -0.2) is 14.4 Å². The summed E-state index contributed by atoms with van der Waals surface area (Å²) in [6, 6.07) is 14.1. The fourth-order valence-corrected chi connectivity index (χ4v) is 2.21. The average Bonchev–Trinajstić information content (AvgIpc) is 2.74. The van der Waals surface area contributed by atoms with Crippen LogP contribution in [0.3, 0.4) is 0 Å². The van der Waals surface area contributed by atoms with Crippen molar-refractivity contribution in [2.45, 2.75) is 13.8 Å². The molecule has 0 atom stereocenters. The first kappa shape index (κ1) is 23.0. The number of hydrogen-bond acceptors (Lipinski definition) is 9. The zero-order valence-corrected chi connectivity index (χ0v) is 16.8. The number of benzene rings is 2. The van der Waals surface area contributed by atoms with Crippen LogP contribution in [0.15, 0.2) is 54.1 Å². The molecule has 2 aromatic rings. The number of carbonyl (C=O) groups is 3. The number of para-hydroxylation sites is 1. The maximum atomic E-state index is 12.3. The largest absolute Gasteiger partial charge is 0.513 e. The summed E-state index contributed by atoms with van der Waals surface area (Å²) in [5, 5.41) is 9.34. The minimum absolute atomic E-state index is 0.0659. The molecule has 9 nitrogen and oxygen atoms in total. The molecule has 0 aromatic heterocycles. The van der Waals surface area contributed by atoms with Crippen LogP contribution in [-0.2, 0) is 14.3 Å². The standard InChI is InChI=1S/C22H19NO8/c1-3-27-21(25)30-18-11-10-15(13-19(18)31-22(26)28-4-2)12-16(14-23)20(24)29-17-8-6-5-7-9-17/h5-13H,3-4H2,1-2H3/b16-12+. The SMILES string of the molecule is CCOC(=O)Oc1ccc(/C=C(\C#N)C(=O)Oc2ccccc2)cc1OC(=O)OCC. The first-order chi connectivity index (χ1) is 15.0. The van der Waals surface area contributed by atoms with Crippen LogP contribution in [0.2, 0.25) is 0 Å². The molecule has 160 valence electrons. The van der Waals surface area contributed by atoms with Gasteiger partial charge in [-0.3, -0.25) is 0 Å². The van der Waals surface area contributed by atoms with E-state index in [4.69, 9.17) is 23.7 Å². The third-order valence-corrected chi connectivity index (χ3v) is 3.48. The third kappa shape index (κ3) is 7.21. The Morgan fingerprint density at radius 3 is 2.06 bits per heavy atom. The van der Waals surface area contributed by atoms with Gasteiger partial charge in [0.25, 0.3) is 0 Å². The fraction of sp³-hybridized carbons (Fsp3) is 0.182. The molecule has 2 aromatic carbocycles. The first-order valence-corrected chi connectivity index (χ1v) is 9.19. The summed E-state index contributed by atoms with van der Waals surface area (Å²) in [6.45, 7) is 3.34.